The lowest BCUT2D eigenvalue weighted by molar-refractivity contribution is -0.387. The second-order valence-electron chi connectivity index (χ2n) is 4.55. The fourth-order valence-corrected chi connectivity index (χ4v) is 1.65. The van der Waals surface area contributed by atoms with Crippen molar-refractivity contribution in [2.24, 2.45) is 11.1 Å². The summed E-state index contributed by atoms with van der Waals surface area (Å²) in [6.45, 7) is 4.35. The normalized spacial score (nSPS) is 14.4. The fraction of sp³-hybridized carbons (Fsp3) is 0.500. The van der Waals surface area contributed by atoms with Crippen molar-refractivity contribution in [3.05, 3.63) is 39.7 Å². The van der Waals surface area contributed by atoms with Crippen LogP contribution in [0.15, 0.2) is 18.2 Å². The van der Waals surface area contributed by atoms with Gasteiger partial charge < -0.3 is 5.73 Å². The summed E-state index contributed by atoms with van der Waals surface area (Å²) in [5, 5.41) is 10.6. The molecule has 17 heavy (non-hydrogen) atoms. The van der Waals surface area contributed by atoms with E-state index in [1.807, 2.05) is 13.8 Å². The monoisotopic (exact) mass is 240 g/mol. The van der Waals surface area contributed by atoms with Gasteiger partial charge in [-0.3, -0.25) is 10.1 Å². The molecule has 1 rings (SSSR count). The van der Waals surface area contributed by atoms with E-state index in [0.29, 0.717) is 18.5 Å². The molecular formula is C12H17FN2O2. The number of benzene rings is 1. The van der Waals surface area contributed by atoms with Crippen molar-refractivity contribution in [2.45, 2.75) is 26.7 Å². The van der Waals surface area contributed by atoms with Crippen molar-refractivity contribution in [1.82, 2.24) is 0 Å². The lowest BCUT2D eigenvalue weighted by Gasteiger charge is -2.26. The lowest BCUT2D eigenvalue weighted by Crippen LogP contribution is -2.29. The van der Waals surface area contributed by atoms with Crippen LogP contribution in [-0.4, -0.2) is 11.5 Å². The maximum absolute atomic E-state index is 13.8. The van der Waals surface area contributed by atoms with Crippen LogP contribution < -0.4 is 5.73 Å². The summed E-state index contributed by atoms with van der Waals surface area (Å²) in [5.74, 6) is -0.745. The van der Waals surface area contributed by atoms with Gasteiger partial charge in [0.25, 0.3) is 0 Å². The molecule has 0 spiro atoms. The van der Waals surface area contributed by atoms with Gasteiger partial charge in [-0.2, -0.15) is 4.39 Å². The molecule has 94 valence electrons. The summed E-state index contributed by atoms with van der Waals surface area (Å²) in [5.41, 5.74) is 5.31. The van der Waals surface area contributed by atoms with E-state index in [0.717, 1.165) is 6.42 Å². The van der Waals surface area contributed by atoms with Gasteiger partial charge in [0.05, 0.1) is 4.92 Å². The fourth-order valence-electron chi connectivity index (χ4n) is 1.65. The molecule has 0 radical (unpaired) electrons. The maximum atomic E-state index is 13.8. The molecule has 0 bridgehead atoms. The zero-order valence-corrected chi connectivity index (χ0v) is 10.1. The highest BCUT2D eigenvalue weighted by Gasteiger charge is 2.25. The first kappa shape index (κ1) is 13.6. The number of rotatable bonds is 5. The molecular weight excluding hydrogens is 223 g/mol. The molecule has 1 aromatic rings. The molecule has 0 amide bonds. The van der Waals surface area contributed by atoms with E-state index in [-0.39, 0.29) is 5.41 Å². The van der Waals surface area contributed by atoms with Gasteiger partial charge in [-0.1, -0.05) is 26.0 Å². The number of hydrogen-bond acceptors (Lipinski definition) is 3. The molecule has 0 heterocycles. The van der Waals surface area contributed by atoms with Crippen LogP contribution >= 0.6 is 0 Å². The Morgan fingerprint density at radius 3 is 2.65 bits per heavy atom. The van der Waals surface area contributed by atoms with E-state index in [1.165, 1.54) is 12.1 Å². The van der Waals surface area contributed by atoms with Gasteiger partial charge in [0.2, 0.25) is 5.82 Å². The number of nitrogens with zero attached hydrogens (tertiary/aromatic N) is 1. The Morgan fingerprint density at radius 2 is 2.18 bits per heavy atom. The predicted octanol–water partition coefficient (Wildman–Crippen LogP) is 2.65. The van der Waals surface area contributed by atoms with Gasteiger partial charge in [-0.05, 0) is 30.4 Å². The van der Waals surface area contributed by atoms with Crippen molar-refractivity contribution in [1.29, 1.82) is 0 Å². The van der Waals surface area contributed by atoms with Crippen LogP contribution in [0.5, 0.6) is 0 Å². The Bertz CT molecular complexity index is 417. The molecule has 0 aromatic heterocycles. The number of nitro benzene ring substituents is 1. The van der Waals surface area contributed by atoms with E-state index in [9.17, 15) is 14.5 Å². The molecule has 1 atom stereocenters. The molecule has 0 saturated carbocycles. The Morgan fingerprint density at radius 1 is 1.53 bits per heavy atom. The van der Waals surface area contributed by atoms with Crippen LogP contribution in [0.3, 0.4) is 0 Å². The van der Waals surface area contributed by atoms with E-state index >= 15 is 0 Å². The molecule has 0 saturated heterocycles. The molecule has 0 fully saturated rings. The van der Waals surface area contributed by atoms with Gasteiger partial charge in [0.1, 0.15) is 0 Å². The molecule has 2 N–H and O–H groups in total. The van der Waals surface area contributed by atoms with E-state index in [2.05, 4.69) is 0 Å². The number of nitro groups is 1. The third kappa shape index (κ3) is 3.00. The Kier molecular flexibility index (Phi) is 4.17. The van der Waals surface area contributed by atoms with Crippen LogP contribution in [0.2, 0.25) is 0 Å². The van der Waals surface area contributed by atoms with Crippen molar-refractivity contribution < 1.29 is 9.31 Å². The first-order chi connectivity index (χ1) is 7.93. The zero-order valence-electron chi connectivity index (χ0n) is 10.1. The first-order valence-corrected chi connectivity index (χ1v) is 5.55. The Labute approximate surface area is 99.8 Å². The van der Waals surface area contributed by atoms with E-state index in [4.69, 9.17) is 5.73 Å². The topological polar surface area (TPSA) is 69.2 Å². The SMILES string of the molecule is CCC(C)(CN)Cc1cccc([N+](=O)[O-])c1F. The molecule has 5 heteroatoms. The predicted molar refractivity (Wildman–Crippen MR) is 64.2 cm³/mol. The van der Waals surface area contributed by atoms with Crippen LogP contribution in [0.1, 0.15) is 25.8 Å². The summed E-state index contributed by atoms with van der Waals surface area (Å²) in [6.07, 6.45) is 1.21. The van der Waals surface area contributed by atoms with Gasteiger partial charge in [-0.25, -0.2) is 0 Å². The average molecular weight is 240 g/mol. The first-order valence-electron chi connectivity index (χ1n) is 5.55. The molecule has 0 aliphatic heterocycles. The summed E-state index contributed by atoms with van der Waals surface area (Å²) < 4.78 is 13.8. The van der Waals surface area contributed by atoms with Gasteiger partial charge in [0.15, 0.2) is 0 Å². The van der Waals surface area contributed by atoms with Gasteiger partial charge in [-0.15, -0.1) is 0 Å². The van der Waals surface area contributed by atoms with E-state index in [1.54, 1.807) is 6.07 Å². The Balaban J connectivity index is 3.08. The standard InChI is InChI=1S/C12H17FN2O2/c1-3-12(2,8-14)7-9-5-4-6-10(11(9)13)15(16)17/h4-6H,3,7-8,14H2,1-2H3. The third-order valence-electron chi connectivity index (χ3n) is 3.22. The largest absolute Gasteiger partial charge is 0.330 e. The molecule has 0 aliphatic rings. The van der Waals surface area contributed by atoms with Crippen LogP contribution in [0.25, 0.3) is 0 Å². The third-order valence-corrected chi connectivity index (χ3v) is 3.22. The van der Waals surface area contributed by atoms with Crippen LogP contribution in [-0.2, 0) is 6.42 Å². The highest BCUT2D eigenvalue weighted by atomic mass is 19.1. The minimum atomic E-state index is -0.745. The summed E-state index contributed by atoms with van der Waals surface area (Å²) in [7, 11) is 0. The summed E-state index contributed by atoms with van der Waals surface area (Å²) in [4.78, 5) is 9.92. The second-order valence-corrected chi connectivity index (χ2v) is 4.55. The summed E-state index contributed by atoms with van der Waals surface area (Å²) >= 11 is 0. The van der Waals surface area contributed by atoms with E-state index < -0.39 is 16.4 Å². The zero-order chi connectivity index (χ0) is 13.1. The highest BCUT2D eigenvalue weighted by molar-refractivity contribution is 5.37. The molecule has 1 unspecified atom stereocenters. The van der Waals surface area contributed by atoms with Gasteiger partial charge >= 0.3 is 5.69 Å². The van der Waals surface area contributed by atoms with Crippen molar-refractivity contribution in [3.63, 3.8) is 0 Å². The Hall–Kier alpha value is -1.49. The molecule has 0 aliphatic carbocycles. The number of halogens is 1. The lowest BCUT2D eigenvalue weighted by atomic mass is 9.81. The van der Waals surface area contributed by atoms with Crippen LogP contribution in [0, 0.1) is 21.3 Å². The van der Waals surface area contributed by atoms with Crippen molar-refractivity contribution in [2.75, 3.05) is 6.54 Å². The minimum absolute atomic E-state index is 0.226. The van der Waals surface area contributed by atoms with Crippen LogP contribution in [0.4, 0.5) is 10.1 Å². The van der Waals surface area contributed by atoms with Crippen molar-refractivity contribution in [3.8, 4) is 0 Å². The summed E-state index contributed by atoms with van der Waals surface area (Å²) in [6, 6.07) is 4.25. The average Bonchev–Trinajstić information content (AvgIpc) is 2.31. The van der Waals surface area contributed by atoms with Crippen molar-refractivity contribution >= 4 is 5.69 Å². The highest BCUT2D eigenvalue weighted by Crippen LogP contribution is 2.29. The molecule has 1 aromatic carbocycles. The quantitative estimate of drug-likeness (QED) is 0.635. The number of nitrogens with two attached hydrogens (primary N) is 1. The van der Waals surface area contributed by atoms with Gasteiger partial charge in [0, 0.05) is 6.07 Å². The smallest absolute Gasteiger partial charge is 0.305 e. The molecule has 4 nitrogen and oxygen atoms in total. The number of hydrogen-bond donors (Lipinski definition) is 1. The maximum Gasteiger partial charge on any atom is 0.305 e. The second kappa shape index (κ2) is 5.23. The minimum Gasteiger partial charge on any atom is -0.330 e.